The molecule has 1 atom stereocenters. The van der Waals surface area contributed by atoms with Gasteiger partial charge in [0.15, 0.2) is 0 Å². The average Bonchev–Trinajstić information content (AvgIpc) is 2.93. The molecule has 0 fully saturated rings. The minimum atomic E-state index is -0.0483. The summed E-state index contributed by atoms with van der Waals surface area (Å²) in [5.41, 5.74) is 4.93. The lowest BCUT2D eigenvalue weighted by Gasteiger charge is -2.18. The molecule has 0 saturated carbocycles. The van der Waals surface area contributed by atoms with E-state index in [1.54, 1.807) is 13.3 Å². The lowest BCUT2D eigenvalue weighted by Crippen LogP contribution is -2.31. The van der Waals surface area contributed by atoms with Gasteiger partial charge in [-0.1, -0.05) is 30.3 Å². The zero-order chi connectivity index (χ0) is 14.4. The Labute approximate surface area is 118 Å². The molecule has 0 aliphatic rings. The van der Waals surface area contributed by atoms with Gasteiger partial charge in [0.2, 0.25) is 0 Å². The summed E-state index contributed by atoms with van der Waals surface area (Å²) in [6.07, 6.45) is 3.48. The van der Waals surface area contributed by atoms with Crippen molar-refractivity contribution >= 4 is 0 Å². The molecule has 6 heteroatoms. The number of methoxy groups -OCH3 is 1. The highest BCUT2D eigenvalue weighted by Crippen LogP contribution is 2.24. The van der Waals surface area contributed by atoms with E-state index < -0.39 is 0 Å². The molecule has 0 spiro atoms. The molecule has 0 amide bonds. The molecule has 0 aliphatic carbocycles. The van der Waals surface area contributed by atoms with Crippen LogP contribution in [-0.4, -0.2) is 22.1 Å². The second kappa shape index (κ2) is 7.02. The summed E-state index contributed by atoms with van der Waals surface area (Å²) in [7, 11) is 1.67. The van der Waals surface area contributed by atoms with Gasteiger partial charge in [-0.25, -0.2) is 4.68 Å². The van der Waals surface area contributed by atoms with Gasteiger partial charge in [-0.3, -0.25) is 11.3 Å². The molecular weight excluding hydrogens is 254 g/mol. The Morgan fingerprint density at radius 2 is 2.20 bits per heavy atom. The molecule has 1 aromatic heterocycles. The summed E-state index contributed by atoms with van der Waals surface area (Å²) < 4.78 is 7.27. The van der Waals surface area contributed by atoms with E-state index in [0.29, 0.717) is 0 Å². The van der Waals surface area contributed by atoms with Crippen molar-refractivity contribution in [2.45, 2.75) is 32.4 Å². The first-order chi connectivity index (χ1) is 9.80. The number of ether oxygens (including phenoxy) is 1. The summed E-state index contributed by atoms with van der Waals surface area (Å²) >= 11 is 0. The number of nitrogens with zero attached hydrogens (tertiary/aromatic N) is 3. The van der Waals surface area contributed by atoms with Crippen LogP contribution in [0.2, 0.25) is 0 Å². The third-order valence-electron chi connectivity index (χ3n) is 3.26. The fraction of sp³-hybridized carbons (Fsp3) is 0.429. The molecule has 20 heavy (non-hydrogen) atoms. The predicted octanol–water partition coefficient (Wildman–Crippen LogP) is 1.44. The molecule has 0 saturated heterocycles. The zero-order valence-electron chi connectivity index (χ0n) is 11.9. The Balaban J connectivity index is 2.22. The molecular formula is C14H21N5O. The third kappa shape index (κ3) is 3.15. The van der Waals surface area contributed by atoms with Crippen molar-refractivity contribution in [3.63, 3.8) is 0 Å². The van der Waals surface area contributed by atoms with Gasteiger partial charge in [0.25, 0.3) is 0 Å². The van der Waals surface area contributed by atoms with Crippen molar-refractivity contribution in [3.8, 4) is 5.75 Å². The molecule has 0 bridgehead atoms. The maximum atomic E-state index is 5.71. The van der Waals surface area contributed by atoms with Gasteiger partial charge < -0.3 is 4.74 Å². The molecule has 2 aromatic rings. The minimum Gasteiger partial charge on any atom is -0.496 e. The van der Waals surface area contributed by atoms with Gasteiger partial charge in [-0.2, -0.15) is 0 Å². The van der Waals surface area contributed by atoms with E-state index in [9.17, 15) is 0 Å². The topological polar surface area (TPSA) is 78.0 Å². The Bertz CT molecular complexity index is 540. The molecule has 6 nitrogen and oxygen atoms in total. The van der Waals surface area contributed by atoms with Crippen LogP contribution < -0.4 is 16.0 Å². The first kappa shape index (κ1) is 14.5. The van der Waals surface area contributed by atoms with Gasteiger partial charge >= 0.3 is 0 Å². The van der Waals surface area contributed by atoms with Gasteiger partial charge in [-0.05, 0) is 24.5 Å². The maximum absolute atomic E-state index is 5.71. The van der Waals surface area contributed by atoms with Crippen LogP contribution in [0.4, 0.5) is 0 Å². The van der Waals surface area contributed by atoms with E-state index in [-0.39, 0.29) is 6.04 Å². The van der Waals surface area contributed by atoms with Crippen LogP contribution in [0.3, 0.4) is 0 Å². The number of hydrazine groups is 1. The standard InChI is InChI=1S/C14H21N5O/c1-3-8-19-13(10-16-18-19)12(17-15)9-11-6-4-5-7-14(11)20-2/h4-7,10,12,17H,3,8-9,15H2,1-2H3. The van der Waals surface area contributed by atoms with Crippen LogP contribution in [0, 0.1) is 0 Å². The molecule has 0 radical (unpaired) electrons. The quantitative estimate of drug-likeness (QED) is 0.590. The highest BCUT2D eigenvalue weighted by atomic mass is 16.5. The van der Waals surface area contributed by atoms with Crippen LogP contribution in [0.1, 0.15) is 30.6 Å². The van der Waals surface area contributed by atoms with Crippen molar-refractivity contribution in [2.24, 2.45) is 5.84 Å². The Morgan fingerprint density at radius 1 is 1.40 bits per heavy atom. The van der Waals surface area contributed by atoms with Crippen LogP contribution in [0.15, 0.2) is 30.5 Å². The molecule has 1 aromatic carbocycles. The lowest BCUT2D eigenvalue weighted by atomic mass is 10.0. The highest BCUT2D eigenvalue weighted by molar-refractivity contribution is 5.34. The zero-order valence-corrected chi connectivity index (χ0v) is 11.9. The SMILES string of the molecule is CCCn1nncc1C(Cc1ccccc1OC)NN. The van der Waals surface area contributed by atoms with E-state index in [1.165, 1.54) is 0 Å². The fourth-order valence-electron chi connectivity index (χ4n) is 2.26. The maximum Gasteiger partial charge on any atom is 0.122 e. The Hall–Kier alpha value is -1.92. The number of hydrogen-bond donors (Lipinski definition) is 2. The number of aromatic nitrogens is 3. The highest BCUT2D eigenvalue weighted by Gasteiger charge is 2.17. The van der Waals surface area contributed by atoms with Crippen molar-refractivity contribution < 1.29 is 4.74 Å². The second-order valence-electron chi connectivity index (χ2n) is 4.62. The lowest BCUT2D eigenvalue weighted by molar-refractivity contribution is 0.403. The largest absolute Gasteiger partial charge is 0.496 e. The first-order valence-corrected chi connectivity index (χ1v) is 6.76. The van der Waals surface area contributed by atoms with E-state index in [4.69, 9.17) is 10.6 Å². The Kier molecular flexibility index (Phi) is 5.09. The number of aryl methyl sites for hydroxylation is 1. The number of rotatable bonds is 7. The second-order valence-corrected chi connectivity index (χ2v) is 4.62. The van der Waals surface area contributed by atoms with Crippen molar-refractivity contribution in [3.05, 3.63) is 41.7 Å². The van der Waals surface area contributed by atoms with Crippen molar-refractivity contribution in [2.75, 3.05) is 7.11 Å². The average molecular weight is 275 g/mol. The van der Waals surface area contributed by atoms with Crippen molar-refractivity contribution in [1.29, 1.82) is 0 Å². The number of nitrogens with two attached hydrogens (primary N) is 1. The smallest absolute Gasteiger partial charge is 0.122 e. The normalized spacial score (nSPS) is 12.3. The molecule has 0 aliphatic heterocycles. The first-order valence-electron chi connectivity index (χ1n) is 6.76. The Morgan fingerprint density at radius 3 is 2.90 bits per heavy atom. The summed E-state index contributed by atoms with van der Waals surface area (Å²) in [5.74, 6) is 6.57. The molecule has 2 rings (SSSR count). The monoisotopic (exact) mass is 275 g/mol. The van der Waals surface area contributed by atoms with Gasteiger partial charge in [0.1, 0.15) is 5.75 Å². The van der Waals surface area contributed by atoms with Crippen molar-refractivity contribution in [1.82, 2.24) is 20.4 Å². The predicted molar refractivity (Wildman–Crippen MR) is 77.1 cm³/mol. The summed E-state index contributed by atoms with van der Waals surface area (Å²) in [4.78, 5) is 0. The number of nitrogens with one attached hydrogen (secondary N) is 1. The van der Waals surface area contributed by atoms with Gasteiger partial charge in [0, 0.05) is 6.54 Å². The van der Waals surface area contributed by atoms with Crippen LogP contribution in [-0.2, 0) is 13.0 Å². The van der Waals surface area contributed by atoms with E-state index in [1.807, 2.05) is 28.9 Å². The summed E-state index contributed by atoms with van der Waals surface area (Å²) in [5, 5.41) is 8.08. The fourth-order valence-corrected chi connectivity index (χ4v) is 2.26. The molecule has 108 valence electrons. The molecule has 1 unspecified atom stereocenters. The molecule has 1 heterocycles. The van der Waals surface area contributed by atoms with E-state index >= 15 is 0 Å². The number of para-hydroxylation sites is 1. The van der Waals surface area contributed by atoms with E-state index in [0.717, 1.165) is 36.4 Å². The summed E-state index contributed by atoms with van der Waals surface area (Å²) in [6.45, 7) is 2.94. The van der Waals surface area contributed by atoms with Crippen LogP contribution in [0.25, 0.3) is 0 Å². The minimum absolute atomic E-state index is 0.0483. The van der Waals surface area contributed by atoms with Crippen LogP contribution in [0.5, 0.6) is 5.75 Å². The number of hydrogen-bond acceptors (Lipinski definition) is 5. The third-order valence-corrected chi connectivity index (χ3v) is 3.26. The summed E-state index contributed by atoms with van der Waals surface area (Å²) in [6, 6.07) is 7.89. The van der Waals surface area contributed by atoms with Gasteiger partial charge in [0.05, 0.1) is 25.0 Å². The van der Waals surface area contributed by atoms with E-state index in [2.05, 4.69) is 22.7 Å². The number of benzene rings is 1. The van der Waals surface area contributed by atoms with Gasteiger partial charge in [-0.15, -0.1) is 5.10 Å². The molecule has 3 N–H and O–H groups in total. The van der Waals surface area contributed by atoms with Crippen LogP contribution >= 0.6 is 0 Å².